The molecule has 0 unspecified atom stereocenters. The number of rotatable bonds is 5. The van der Waals surface area contributed by atoms with E-state index in [0.29, 0.717) is 17.9 Å². The molecule has 1 aromatic carbocycles. The van der Waals surface area contributed by atoms with E-state index in [4.69, 9.17) is 4.74 Å². The van der Waals surface area contributed by atoms with E-state index >= 15 is 0 Å². The first kappa shape index (κ1) is 18.4. The highest BCUT2D eigenvalue weighted by molar-refractivity contribution is 5.93. The van der Waals surface area contributed by atoms with Gasteiger partial charge in [0.1, 0.15) is 17.8 Å². The monoisotopic (exact) mass is 379 g/mol. The number of carbonyl (C=O) groups excluding carboxylic acids is 1. The number of likely N-dealkylation sites (tertiary alicyclic amines) is 1. The molecular weight excluding hydrogens is 354 g/mol. The summed E-state index contributed by atoms with van der Waals surface area (Å²) in [4.78, 5) is 15.3. The van der Waals surface area contributed by atoms with Gasteiger partial charge in [-0.2, -0.15) is 9.61 Å². The molecule has 1 aliphatic heterocycles. The van der Waals surface area contributed by atoms with Crippen LogP contribution in [0.5, 0.6) is 5.75 Å². The fraction of sp³-hybridized carbons (Fsp3) is 0.429. The van der Waals surface area contributed by atoms with Crippen LogP contribution in [-0.2, 0) is 0 Å². The molecule has 1 amide bonds. The van der Waals surface area contributed by atoms with Gasteiger partial charge in [0.2, 0.25) is 0 Å². The standard InChI is InChI=1S/C21H25N5O2/c1-4-28-16-9-7-15(8-10-16)19-6-5-11-25(19)21(27)18-12-17(14(2)3)20-23-22-13-26(20)24-18/h7-10,12-14,19H,4-6,11H2,1-3H3/t19-/m1/s1. The topological polar surface area (TPSA) is 72.6 Å². The number of nitrogens with zero attached hydrogens (tertiary/aromatic N) is 5. The van der Waals surface area contributed by atoms with Crippen molar-refractivity contribution in [2.75, 3.05) is 13.2 Å². The molecule has 0 bridgehead atoms. The van der Waals surface area contributed by atoms with E-state index in [1.807, 2.05) is 30.0 Å². The van der Waals surface area contributed by atoms with Crippen LogP contribution in [0.4, 0.5) is 0 Å². The Morgan fingerprint density at radius 2 is 2.07 bits per heavy atom. The van der Waals surface area contributed by atoms with Crippen molar-refractivity contribution in [3.8, 4) is 5.75 Å². The number of amides is 1. The molecule has 2 aromatic heterocycles. The summed E-state index contributed by atoms with van der Waals surface area (Å²) in [6.45, 7) is 7.50. The molecule has 28 heavy (non-hydrogen) atoms. The van der Waals surface area contributed by atoms with Crippen LogP contribution in [0.1, 0.15) is 67.2 Å². The quantitative estimate of drug-likeness (QED) is 0.677. The van der Waals surface area contributed by atoms with E-state index in [1.54, 1.807) is 10.8 Å². The molecule has 4 rings (SSSR count). The average Bonchev–Trinajstić information content (AvgIpc) is 3.36. The summed E-state index contributed by atoms with van der Waals surface area (Å²) < 4.78 is 7.13. The summed E-state index contributed by atoms with van der Waals surface area (Å²) in [5.41, 5.74) is 3.25. The first-order chi connectivity index (χ1) is 13.6. The molecule has 3 aromatic rings. The summed E-state index contributed by atoms with van der Waals surface area (Å²) in [5.74, 6) is 1.03. The van der Waals surface area contributed by atoms with Gasteiger partial charge in [0.15, 0.2) is 5.65 Å². The van der Waals surface area contributed by atoms with Crippen LogP contribution >= 0.6 is 0 Å². The molecule has 3 heterocycles. The molecule has 1 atom stereocenters. The Bertz CT molecular complexity index is 980. The fourth-order valence-electron chi connectivity index (χ4n) is 3.84. The van der Waals surface area contributed by atoms with Crippen LogP contribution in [-0.4, -0.2) is 43.8 Å². The first-order valence-corrected chi connectivity index (χ1v) is 9.83. The SMILES string of the molecule is CCOc1ccc([C@H]2CCCN2C(=O)c2cc(C(C)C)c3nncn3n2)cc1. The van der Waals surface area contributed by atoms with Crippen molar-refractivity contribution in [3.05, 3.63) is 53.5 Å². The largest absolute Gasteiger partial charge is 0.494 e. The normalized spacial score (nSPS) is 16.9. The molecule has 146 valence electrons. The minimum atomic E-state index is -0.0473. The second-order valence-electron chi connectivity index (χ2n) is 7.40. The Hall–Kier alpha value is -2.96. The average molecular weight is 379 g/mol. The zero-order valence-electron chi connectivity index (χ0n) is 16.5. The van der Waals surface area contributed by atoms with E-state index in [2.05, 4.69) is 41.3 Å². The van der Waals surface area contributed by atoms with Crippen LogP contribution < -0.4 is 4.74 Å². The third-order valence-corrected chi connectivity index (χ3v) is 5.23. The zero-order chi connectivity index (χ0) is 19.7. The maximum absolute atomic E-state index is 13.3. The molecule has 0 N–H and O–H groups in total. The molecule has 0 aliphatic carbocycles. The number of benzene rings is 1. The molecular formula is C21H25N5O2. The van der Waals surface area contributed by atoms with Gasteiger partial charge in [0.05, 0.1) is 12.6 Å². The van der Waals surface area contributed by atoms with Crippen LogP contribution in [0.25, 0.3) is 5.65 Å². The number of aromatic nitrogens is 4. The third-order valence-electron chi connectivity index (χ3n) is 5.23. The first-order valence-electron chi connectivity index (χ1n) is 9.83. The van der Waals surface area contributed by atoms with E-state index in [0.717, 1.165) is 36.3 Å². The predicted octanol–water partition coefficient (Wildman–Crippen LogP) is 3.62. The Balaban J connectivity index is 1.64. The number of hydrogen-bond donors (Lipinski definition) is 0. The fourth-order valence-corrected chi connectivity index (χ4v) is 3.84. The lowest BCUT2D eigenvalue weighted by atomic mass is 10.0. The Morgan fingerprint density at radius 1 is 1.29 bits per heavy atom. The highest BCUT2D eigenvalue weighted by Crippen LogP contribution is 2.34. The molecule has 0 radical (unpaired) electrons. The van der Waals surface area contributed by atoms with Gasteiger partial charge in [-0.1, -0.05) is 26.0 Å². The summed E-state index contributed by atoms with van der Waals surface area (Å²) >= 11 is 0. The number of fused-ring (bicyclic) bond motifs is 1. The van der Waals surface area contributed by atoms with Crippen LogP contribution in [0.3, 0.4) is 0 Å². The van der Waals surface area contributed by atoms with Crippen LogP contribution in [0, 0.1) is 0 Å². The molecule has 1 saturated heterocycles. The van der Waals surface area contributed by atoms with Gasteiger partial charge < -0.3 is 9.64 Å². The predicted molar refractivity (Wildman–Crippen MR) is 105 cm³/mol. The van der Waals surface area contributed by atoms with Gasteiger partial charge in [-0.05, 0) is 49.4 Å². The molecule has 7 heteroatoms. The van der Waals surface area contributed by atoms with Crippen LogP contribution in [0.2, 0.25) is 0 Å². The summed E-state index contributed by atoms with van der Waals surface area (Å²) in [7, 11) is 0. The molecule has 1 fully saturated rings. The van der Waals surface area contributed by atoms with E-state index < -0.39 is 0 Å². The van der Waals surface area contributed by atoms with Gasteiger partial charge in [-0.15, -0.1) is 10.2 Å². The van der Waals surface area contributed by atoms with E-state index in [9.17, 15) is 4.79 Å². The second-order valence-corrected chi connectivity index (χ2v) is 7.40. The lowest BCUT2D eigenvalue weighted by molar-refractivity contribution is 0.0728. The van der Waals surface area contributed by atoms with Gasteiger partial charge in [-0.3, -0.25) is 4.79 Å². The molecule has 0 spiro atoms. The van der Waals surface area contributed by atoms with Crippen LogP contribution in [0.15, 0.2) is 36.7 Å². The maximum atomic E-state index is 13.3. The smallest absolute Gasteiger partial charge is 0.274 e. The minimum Gasteiger partial charge on any atom is -0.494 e. The van der Waals surface area contributed by atoms with E-state index in [-0.39, 0.29) is 17.9 Å². The molecule has 1 aliphatic rings. The number of ether oxygens (including phenoxy) is 1. The van der Waals surface area contributed by atoms with Gasteiger partial charge in [0, 0.05) is 12.1 Å². The highest BCUT2D eigenvalue weighted by atomic mass is 16.5. The van der Waals surface area contributed by atoms with Crippen molar-refractivity contribution in [2.45, 2.75) is 45.6 Å². The van der Waals surface area contributed by atoms with E-state index in [1.165, 1.54) is 0 Å². The Kier molecular flexibility index (Phi) is 4.98. The van der Waals surface area contributed by atoms with Crippen molar-refractivity contribution < 1.29 is 9.53 Å². The molecule has 0 saturated carbocycles. The van der Waals surface area contributed by atoms with Gasteiger partial charge in [-0.25, -0.2) is 0 Å². The number of hydrogen-bond acceptors (Lipinski definition) is 5. The van der Waals surface area contributed by atoms with Gasteiger partial charge >= 0.3 is 0 Å². The summed E-state index contributed by atoms with van der Waals surface area (Å²) in [6, 6.07) is 9.97. The summed E-state index contributed by atoms with van der Waals surface area (Å²) in [5, 5.41) is 12.5. The Morgan fingerprint density at radius 3 is 2.79 bits per heavy atom. The number of carbonyl (C=O) groups is 1. The van der Waals surface area contributed by atoms with Gasteiger partial charge in [0.25, 0.3) is 5.91 Å². The molecule has 7 nitrogen and oxygen atoms in total. The summed E-state index contributed by atoms with van der Waals surface area (Å²) in [6.07, 6.45) is 3.48. The van der Waals surface area contributed by atoms with Crippen molar-refractivity contribution >= 4 is 11.6 Å². The van der Waals surface area contributed by atoms with Crippen molar-refractivity contribution in [3.63, 3.8) is 0 Å². The minimum absolute atomic E-state index is 0.0473. The lowest BCUT2D eigenvalue weighted by Gasteiger charge is -2.25. The van der Waals surface area contributed by atoms with Crippen molar-refractivity contribution in [1.29, 1.82) is 0 Å². The Labute approximate surface area is 164 Å². The second kappa shape index (κ2) is 7.58. The van der Waals surface area contributed by atoms with Crippen molar-refractivity contribution in [2.24, 2.45) is 0 Å². The maximum Gasteiger partial charge on any atom is 0.274 e. The zero-order valence-corrected chi connectivity index (χ0v) is 16.5. The third kappa shape index (κ3) is 3.32. The lowest BCUT2D eigenvalue weighted by Crippen LogP contribution is -2.31. The van der Waals surface area contributed by atoms with Crippen molar-refractivity contribution in [1.82, 2.24) is 24.7 Å². The highest BCUT2D eigenvalue weighted by Gasteiger charge is 2.32.